The molecule has 2 amide bonds. The Kier molecular flexibility index (Phi) is 6.58. The van der Waals surface area contributed by atoms with E-state index < -0.39 is 29.9 Å². The summed E-state index contributed by atoms with van der Waals surface area (Å²) < 4.78 is 5.24. The zero-order chi connectivity index (χ0) is 22.7. The van der Waals surface area contributed by atoms with Crippen molar-refractivity contribution in [2.45, 2.75) is 44.2 Å². The molecule has 0 radical (unpaired) electrons. The molecule has 2 aliphatic rings. The standard InChI is InChI=1S/C26H30N2O4/c1-3-16-27-24(29)23-20(17-10-6-4-7-11-17)21(26(31)32-2)22(18-12-8-5-9-13-18)28(23)25(30)19-14-15-19/h4-13,19-23H,3,14-16H2,1-2H3,(H,27,29). The average molecular weight is 435 g/mol. The number of benzene rings is 2. The van der Waals surface area contributed by atoms with E-state index >= 15 is 0 Å². The minimum Gasteiger partial charge on any atom is -0.469 e. The van der Waals surface area contributed by atoms with Crippen molar-refractivity contribution in [2.24, 2.45) is 11.8 Å². The molecule has 1 N–H and O–H groups in total. The van der Waals surface area contributed by atoms with Gasteiger partial charge in [-0.3, -0.25) is 14.4 Å². The quantitative estimate of drug-likeness (QED) is 0.678. The van der Waals surface area contributed by atoms with E-state index in [1.54, 1.807) is 4.90 Å². The molecule has 168 valence electrons. The number of amides is 2. The smallest absolute Gasteiger partial charge is 0.311 e. The number of esters is 1. The lowest BCUT2D eigenvalue weighted by molar-refractivity contribution is -0.148. The fraction of sp³-hybridized carbons (Fsp3) is 0.423. The van der Waals surface area contributed by atoms with Crippen molar-refractivity contribution < 1.29 is 19.1 Å². The van der Waals surface area contributed by atoms with E-state index in [1.807, 2.05) is 67.6 Å². The first-order valence-corrected chi connectivity index (χ1v) is 11.4. The largest absolute Gasteiger partial charge is 0.469 e. The van der Waals surface area contributed by atoms with Crippen LogP contribution in [0.15, 0.2) is 60.7 Å². The van der Waals surface area contributed by atoms with E-state index in [9.17, 15) is 14.4 Å². The van der Waals surface area contributed by atoms with E-state index in [0.717, 1.165) is 30.4 Å². The molecule has 6 heteroatoms. The Morgan fingerprint density at radius 2 is 1.56 bits per heavy atom. The van der Waals surface area contributed by atoms with Crippen LogP contribution in [0.1, 0.15) is 49.3 Å². The van der Waals surface area contributed by atoms with Gasteiger partial charge in [0.25, 0.3) is 0 Å². The fourth-order valence-electron chi connectivity index (χ4n) is 4.86. The van der Waals surface area contributed by atoms with Crippen LogP contribution in [0.2, 0.25) is 0 Å². The third-order valence-electron chi connectivity index (χ3n) is 6.46. The van der Waals surface area contributed by atoms with Crippen molar-refractivity contribution in [2.75, 3.05) is 13.7 Å². The summed E-state index contributed by atoms with van der Waals surface area (Å²) in [4.78, 5) is 42.0. The highest BCUT2D eigenvalue weighted by Crippen LogP contribution is 2.52. The predicted molar refractivity (Wildman–Crippen MR) is 121 cm³/mol. The van der Waals surface area contributed by atoms with Gasteiger partial charge in [0, 0.05) is 18.4 Å². The minimum absolute atomic E-state index is 0.0529. The number of hydrogen-bond donors (Lipinski definition) is 1. The Morgan fingerprint density at radius 1 is 0.969 bits per heavy atom. The number of methoxy groups -OCH3 is 1. The van der Waals surface area contributed by atoms with E-state index in [0.29, 0.717) is 6.54 Å². The molecular weight excluding hydrogens is 404 g/mol. The van der Waals surface area contributed by atoms with Crippen molar-refractivity contribution in [1.82, 2.24) is 10.2 Å². The molecule has 4 rings (SSSR count). The lowest BCUT2D eigenvalue weighted by Crippen LogP contribution is -2.49. The molecule has 1 aliphatic heterocycles. The van der Waals surface area contributed by atoms with Crippen LogP contribution in [-0.2, 0) is 19.1 Å². The van der Waals surface area contributed by atoms with Crippen molar-refractivity contribution in [3.63, 3.8) is 0 Å². The van der Waals surface area contributed by atoms with Crippen molar-refractivity contribution in [3.05, 3.63) is 71.8 Å². The van der Waals surface area contributed by atoms with Crippen LogP contribution in [-0.4, -0.2) is 42.4 Å². The van der Waals surface area contributed by atoms with Crippen molar-refractivity contribution in [3.8, 4) is 0 Å². The highest BCUT2D eigenvalue weighted by atomic mass is 16.5. The molecule has 1 saturated carbocycles. The lowest BCUT2D eigenvalue weighted by Gasteiger charge is -2.31. The van der Waals surface area contributed by atoms with E-state index in [4.69, 9.17) is 4.74 Å². The Hall–Kier alpha value is -3.15. The molecule has 2 aromatic rings. The predicted octanol–water partition coefficient (Wildman–Crippen LogP) is 3.45. The number of carbonyl (C=O) groups excluding carboxylic acids is 3. The number of carbonyl (C=O) groups is 3. The van der Waals surface area contributed by atoms with Gasteiger partial charge in [-0.2, -0.15) is 0 Å². The molecule has 1 saturated heterocycles. The van der Waals surface area contributed by atoms with Crippen molar-refractivity contribution >= 4 is 17.8 Å². The second kappa shape index (κ2) is 9.55. The zero-order valence-corrected chi connectivity index (χ0v) is 18.6. The van der Waals surface area contributed by atoms with E-state index in [2.05, 4.69) is 5.32 Å². The number of likely N-dealkylation sites (tertiary alicyclic amines) is 1. The third-order valence-corrected chi connectivity index (χ3v) is 6.46. The minimum atomic E-state index is -0.786. The Morgan fingerprint density at radius 3 is 2.09 bits per heavy atom. The topological polar surface area (TPSA) is 75.7 Å². The normalized spacial score (nSPS) is 24.8. The van der Waals surface area contributed by atoms with Gasteiger partial charge >= 0.3 is 5.97 Å². The molecule has 4 unspecified atom stereocenters. The highest BCUT2D eigenvalue weighted by molar-refractivity contribution is 5.93. The molecule has 0 aromatic heterocycles. The highest BCUT2D eigenvalue weighted by Gasteiger charge is 2.59. The first-order chi connectivity index (χ1) is 15.6. The van der Waals surface area contributed by atoms with Gasteiger partial charge in [0.2, 0.25) is 11.8 Å². The summed E-state index contributed by atoms with van der Waals surface area (Å²) in [6, 6.07) is 17.7. The second-order valence-electron chi connectivity index (χ2n) is 8.60. The van der Waals surface area contributed by atoms with Gasteiger partial charge < -0.3 is 15.0 Å². The van der Waals surface area contributed by atoms with Crippen LogP contribution in [0, 0.1) is 11.8 Å². The maximum atomic E-state index is 13.6. The molecule has 4 atom stereocenters. The summed E-state index contributed by atoms with van der Waals surface area (Å²) in [5, 5.41) is 2.98. The van der Waals surface area contributed by atoms with Crippen LogP contribution in [0.3, 0.4) is 0 Å². The van der Waals surface area contributed by atoms with Gasteiger partial charge in [-0.05, 0) is 30.4 Å². The monoisotopic (exact) mass is 434 g/mol. The van der Waals surface area contributed by atoms with Crippen LogP contribution in [0.5, 0.6) is 0 Å². The third kappa shape index (κ3) is 4.14. The van der Waals surface area contributed by atoms with Crippen LogP contribution < -0.4 is 5.32 Å². The molecule has 0 bridgehead atoms. The van der Waals surface area contributed by atoms with Gasteiger partial charge in [0.15, 0.2) is 0 Å². The molecular formula is C26H30N2O4. The number of ether oxygens (including phenoxy) is 1. The number of nitrogens with zero attached hydrogens (tertiary/aromatic N) is 1. The van der Waals surface area contributed by atoms with Gasteiger partial charge in [-0.15, -0.1) is 0 Å². The molecule has 1 aliphatic carbocycles. The SMILES string of the molecule is CCCNC(=O)C1C(c2ccccc2)C(C(=O)OC)C(c2ccccc2)N1C(=O)C1CC1. The van der Waals surface area contributed by atoms with E-state index in [-0.39, 0.29) is 17.7 Å². The lowest BCUT2D eigenvalue weighted by atomic mass is 9.80. The molecule has 2 aromatic carbocycles. The Labute approximate surface area is 188 Å². The maximum absolute atomic E-state index is 13.6. The summed E-state index contributed by atoms with van der Waals surface area (Å²) in [6.45, 7) is 2.50. The number of hydrogen-bond acceptors (Lipinski definition) is 4. The molecule has 6 nitrogen and oxygen atoms in total. The van der Waals surface area contributed by atoms with Gasteiger partial charge in [-0.1, -0.05) is 67.6 Å². The maximum Gasteiger partial charge on any atom is 0.311 e. The summed E-state index contributed by atoms with van der Waals surface area (Å²) >= 11 is 0. The zero-order valence-electron chi connectivity index (χ0n) is 18.6. The summed E-state index contributed by atoms with van der Waals surface area (Å²) in [5.74, 6) is -1.97. The average Bonchev–Trinajstić information content (AvgIpc) is 3.63. The first kappa shape index (κ1) is 22.1. The molecule has 32 heavy (non-hydrogen) atoms. The summed E-state index contributed by atoms with van der Waals surface area (Å²) in [7, 11) is 1.37. The number of nitrogens with one attached hydrogen (secondary N) is 1. The van der Waals surface area contributed by atoms with Gasteiger partial charge in [-0.25, -0.2) is 0 Å². The molecule has 2 fully saturated rings. The first-order valence-electron chi connectivity index (χ1n) is 11.4. The van der Waals surface area contributed by atoms with Gasteiger partial charge in [0.1, 0.15) is 6.04 Å². The fourth-order valence-corrected chi connectivity index (χ4v) is 4.86. The van der Waals surface area contributed by atoms with Crippen LogP contribution in [0.4, 0.5) is 0 Å². The molecule has 0 spiro atoms. The van der Waals surface area contributed by atoms with E-state index in [1.165, 1.54) is 7.11 Å². The summed E-state index contributed by atoms with van der Waals surface area (Å²) in [5.41, 5.74) is 1.69. The Balaban J connectivity index is 1.90. The molecule has 1 heterocycles. The second-order valence-corrected chi connectivity index (χ2v) is 8.60. The summed E-state index contributed by atoms with van der Waals surface area (Å²) in [6.07, 6.45) is 2.42. The van der Waals surface area contributed by atoms with Crippen LogP contribution >= 0.6 is 0 Å². The van der Waals surface area contributed by atoms with Gasteiger partial charge in [0.05, 0.1) is 19.1 Å². The van der Waals surface area contributed by atoms with Crippen molar-refractivity contribution in [1.29, 1.82) is 0 Å². The van der Waals surface area contributed by atoms with Crippen LogP contribution in [0.25, 0.3) is 0 Å². The number of rotatable bonds is 7. The Bertz CT molecular complexity index is 958.